The first-order valence-corrected chi connectivity index (χ1v) is 10.0. The molecule has 1 aromatic carbocycles. The highest BCUT2D eigenvalue weighted by Gasteiger charge is 2.26. The van der Waals surface area contributed by atoms with E-state index < -0.39 is 10.0 Å². The molecule has 25 heavy (non-hydrogen) atoms. The van der Waals surface area contributed by atoms with Crippen molar-refractivity contribution < 1.29 is 13.2 Å². The number of hydrogen-bond donors (Lipinski definition) is 1. The van der Waals surface area contributed by atoms with Crippen molar-refractivity contribution in [2.45, 2.75) is 13.0 Å². The van der Waals surface area contributed by atoms with Gasteiger partial charge in [-0.15, -0.1) is 0 Å². The Morgan fingerprint density at radius 3 is 2.76 bits per heavy atom. The van der Waals surface area contributed by atoms with E-state index in [2.05, 4.69) is 10.3 Å². The van der Waals surface area contributed by atoms with Crippen LogP contribution in [0.2, 0.25) is 10.0 Å². The van der Waals surface area contributed by atoms with Crippen molar-refractivity contribution in [3.8, 4) is 0 Å². The summed E-state index contributed by atoms with van der Waals surface area (Å²) >= 11 is 12.0. The number of sulfonamides is 1. The molecule has 0 spiro atoms. The Balaban J connectivity index is 1.89. The van der Waals surface area contributed by atoms with Crippen LogP contribution in [-0.4, -0.2) is 36.4 Å². The van der Waals surface area contributed by atoms with Crippen molar-refractivity contribution in [2.24, 2.45) is 0 Å². The molecule has 0 fully saturated rings. The molecular formula is C16H15Cl2N3O3S. The van der Waals surface area contributed by atoms with Crippen LogP contribution >= 0.6 is 23.2 Å². The Kier molecular flexibility index (Phi) is 5.02. The van der Waals surface area contributed by atoms with Crippen molar-refractivity contribution >= 4 is 44.8 Å². The second kappa shape index (κ2) is 6.92. The molecule has 9 heteroatoms. The maximum Gasteiger partial charge on any atom is 0.257 e. The molecule has 0 bridgehead atoms. The van der Waals surface area contributed by atoms with Crippen molar-refractivity contribution in [3.63, 3.8) is 0 Å². The van der Waals surface area contributed by atoms with E-state index in [4.69, 9.17) is 23.2 Å². The van der Waals surface area contributed by atoms with Gasteiger partial charge in [-0.3, -0.25) is 9.78 Å². The Hall–Kier alpha value is -1.67. The number of aromatic nitrogens is 1. The largest absolute Gasteiger partial charge is 0.321 e. The summed E-state index contributed by atoms with van der Waals surface area (Å²) in [5, 5.41) is 3.56. The zero-order valence-corrected chi connectivity index (χ0v) is 15.6. The fourth-order valence-electron chi connectivity index (χ4n) is 2.73. The SMILES string of the molecule is CS(=O)(=O)N1CCc2c(cncc2C(=O)Nc2cc(Cl)ccc2Cl)C1. The number of rotatable bonds is 3. The van der Waals surface area contributed by atoms with Crippen LogP contribution in [0.1, 0.15) is 21.5 Å². The Morgan fingerprint density at radius 1 is 1.28 bits per heavy atom. The first-order chi connectivity index (χ1) is 11.8. The molecule has 2 aromatic rings. The third-order valence-electron chi connectivity index (χ3n) is 3.99. The van der Waals surface area contributed by atoms with E-state index in [1.54, 1.807) is 24.4 Å². The van der Waals surface area contributed by atoms with Crippen molar-refractivity contribution in [3.05, 3.63) is 57.3 Å². The van der Waals surface area contributed by atoms with Gasteiger partial charge in [0.2, 0.25) is 10.0 Å². The molecule has 1 N–H and O–H groups in total. The lowest BCUT2D eigenvalue weighted by Gasteiger charge is -2.27. The molecule has 0 saturated carbocycles. The van der Waals surface area contributed by atoms with E-state index in [0.29, 0.717) is 34.3 Å². The minimum absolute atomic E-state index is 0.209. The van der Waals surface area contributed by atoms with Crippen LogP contribution in [0.15, 0.2) is 30.6 Å². The van der Waals surface area contributed by atoms with Gasteiger partial charge in [-0.1, -0.05) is 23.2 Å². The van der Waals surface area contributed by atoms with Crippen LogP contribution in [0, 0.1) is 0 Å². The summed E-state index contributed by atoms with van der Waals surface area (Å²) in [5.74, 6) is -0.360. The third-order valence-corrected chi connectivity index (χ3v) is 5.81. The second-order valence-corrected chi connectivity index (χ2v) is 8.58. The predicted octanol–water partition coefficient (Wildman–Crippen LogP) is 2.96. The van der Waals surface area contributed by atoms with Crippen LogP contribution in [0.3, 0.4) is 0 Å². The maximum atomic E-state index is 12.6. The fourth-order valence-corrected chi connectivity index (χ4v) is 3.86. The Bertz CT molecular complexity index is 948. The molecule has 1 aliphatic heterocycles. The highest BCUT2D eigenvalue weighted by molar-refractivity contribution is 7.88. The van der Waals surface area contributed by atoms with Crippen LogP contribution in [0.4, 0.5) is 5.69 Å². The predicted molar refractivity (Wildman–Crippen MR) is 97.6 cm³/mol. The van der Waals surface area contributed by atoms with E-state index in [1.807, 2.05) is 0 Å². The Labute approximate surface area is 155 Å². The average molecular weight is 400 g/mol. The highest BCUT2D eigenvalue weighted by Crippen LogP contribution is 2.28. The van der Waals surface area contributed by atoms with Crippen molar-refractivity contribution in [1.82, 2.24) is 9.29 Å². The number of halogens is 2. The number of benzene rings is 1. The number of nitrogens with one attached hydrogen (secondary N) is 1. The highest BCUT2D eigenvalue weighted by atomic mass is 35.5. The molecule has 0 radical (unpaired) electrons. The van der Waals surface area contributed by atoms with Gasteiger partial charge in [0.25, 0.3) is 5.91 Å². The molecule has 132 valence electrons. The van der Waals surface area contributed by atoms with E-state index in [0.717, 1.165) is 11.1 Å². The molecule has 0 atom stereocenters. The van der Waals surface area contributed by atoms with Gasteiger partial charge in [0.1, 0.15) is 0 Å². The first-order valence-electron chi connectivity index (χ1n) is 7.43. The van der Waals surface area contributed by atoms with Gasteiger partial charge in [-0.2, -0.15) is 4.31 Å². The van der Waals surface area contributed by atoms with Crippen LogP contribution in [-0.2, 0) is 23.0 Å². The minimum Gasteiger partial charge on any atom is -0.321 e. The smallest absolute Gasteiger partial charge is 0.257 e. The van der Waals surface area contributed by atoms with Crippen LogP contribution in [0.25, 0.3) is 0 Å². The number of carbonyl (C=O) groups is 1. The molecule has 0 unspecified atom stereocenters. The van der Waals surface area contributed by atoms with Gasteiger partial charge in [0.05, 0.1) is 22.5 Å². The number of anilines is 1. The van der Waals surface area contributed by atoms with E-state index in [-0.39, 0.29) is 12.5 Å². The molecule has 0 saturated heterocycles. The zero-order valence-electron chi connectivity index (χ0n) is 13.3. The maximum absolute atomic E-state index is 12.6. The molecule has 1 aromatic heterocycles. The van der Waals surface area contributed by atoms with E-state index in [9.17, 15) is 13.2 Å². The topological polar surface area (TPSA) is 79.4 Å². The minimum atomic E-state index is -3.29. The fraction of sp³-hybridized carbons (Fsp3) is 0.250. The van der Waals surface area contributed by atoms with E-state index in [1.165, 1.54) is 16.8 Å². The number of nitrogens with zero attached hydrogens (tertiary/aromatic N) is 2. The summed E-state index contributed by atoms with van der Waals surface area (Å²) in [6, 6.07) is 4.80. The molecule has 1 amide bonds. The van der Waals surface area contributed by atoms with Crippen molar-refractivity contribution in [1.29, 1.82) is 0 Å². The van der Waals surface area contributed by atoms with Gasteiger partial charge >= 0.3 is 0 Å². The third kappa shape index (κ3) is 3.95. The quantitative estimate of drug-likeness (QED) is 0.859. The number of hydrogen-bond acceptors (Lipinski definition) is 4. The molecular weight excluding hydrogens is 385 g/mol. The van der Waals surface area contributed by atoms with Gasteiger partial charge in [0, 0.05) is 30.5 Å². The standard InChI is InChI=1S/C16H15Cl2N3O3S/c1-25(23,24)21-5-4-12-10(9-21)7-19-8-13(12)16(22)20-15-6-11(17)2-3-14(15)18/h2-3,6-8H,4-5,9H2,1H3,(H,20,22). The van der Waals surface area contributed by atoms with Gasteiger partial charge in [-0.05, 0) is 35.7 Å². The Morgan fingerprint density at radius 2 is 2.04 bits per heavy atom. The number of fused-ring (bicyclic) bond motifs is 1. The van der Waals surface area contributed by atoms with Gasteiger partial charge in [0.15, 0.2) is 0 Å². The zero-order chi connectivity index (χ0) is 18.2. The van der Waals surface area contributed by atoms with Crippen molar-refractivity contribution in [2.75, 3.05) is 18.1 Å². The summed E-state index contributed by atoms with van der Waals surface area (Å²) in [4.78, 5) is 16.7. The monoisotopic (exact) mass is 399 g/mol. The van der Waals surface area contributed by atoms with Gasteiger partial charge < -0.3 is 5.32 Å². The van der Waals surface area contributed by atoms with Gasteiger partial charge in [-0.25, -0.2) is 8.42 Å². The lowest BCUT2D eigenvalue weighted by molar-refractivity contribution is 0.102. The average Bonchev–Trinajstić information content (AvgIpc) is 2.56. The molecule has 6 nitrogen and oxygen atoms in total. The summed E-state index contributed by atoms with van der Waals surface area (Å²) < 4.78 is 24.8. The number of amides is 1. The lowest BCUT2D eigenvalue weighted by atomic mass is 9.98. The molecule has 1 aliphatic rings. The van der Waals surface area contributed by atoms with Crippen LogP contribution in [0.5, 0.6) is 0 Å². The van der Waals surface area contributed by atoms with Crippen LogP contribution < -0.4 is 5.32 Å². The summed E-state index contributed by atoms with van der Waals surface area (Å²) in [6.07, 6.45) is 4.68. The summed E-state index contributed by atoms with van der Waals surface area (Å²) in [7, 11) is -3.29. The molecule has 3 rings (SSSR count). The summed E-state index contributed by atoms with van der Waals surface area (Å²) in [6.45, 7) is 0.536. The molecule has 2 heterocycles. The number of pyridine rings is 1. The first kappa shape index (κ1) is 18.1. The second-order valence-electron chi connectivity index (χ2n) is 5.75. The molecule has 0 aliphatic carbocycles. The lowest BCUT2D eigenvalue weighted by Crippen LogP contribution is -2.36. The summed E-state index contributed by atoms with van der Waals surface area (Å²) in [5.41, 5.74) is 2.33. The normalized spacial score (nSPS) is 14.8. The number of carbonyl (C=O) groups excluding carboxylic acids is 1. The van der Waals surface area contributed by atoms with E-state index >= 15 is 0 Å².